The zero-order valence-electron chi connectivity index (χ0n) is 11.6. The molecule has 10 heteroatoms. The van der Waals surface area contributed by atoms with Crippen molar-refractivity contribution in [2.24, 2.45) is 0 Å². The molecule has 0 aliphatic carbocycles. The summed E-state index contributed by atoms with van der Waals surface area (Å²) in [6.45, 7) is 0.223. The Hall–Kier alpha value is -2.46. The second-order valence-corrected chi connectivity index (χ2v) is 6.56. The molecular weight excluding hydrogens is 312 g/mol. The Morgan fingerprint density at radius 2 is 2.18 bits per heavy atom. The summed E-state index contributed by atoms with van der Waals surface area (Å²) in [4.78, 5) is 10.3. The molecular formula is C12H14N4O5S. The van der Waals surface area contributed by atoms with Crippen molar-refractivity contribution in [2.75, 3.05) is 18.2 Å². The number of nitro groups is 1. The highest BCUT2D eigenvalue weighted by atomic mass is 32.2. The molecule has 0 saturated carbocycles. The fourth-order valence-corrected chi connectivity index (χ4v) is 2.45. The molecule has 1 heterocycles. The Balaban J connectivity index is 2.35. The first kappa shape index (κ1) is 15.9. The van der Waals surface area contributed by atoms with Crippen LogP contribution in [0.25, 0.3) is 0 Å². The van der Waals surface area contributed by atoms with Crippen molar-refractivity contribution in [3.05, 3.63) is 40.7 Å². The smallest absolute Gasteiger partial charge is 0.293 e. The monoisotopic (exact) mass is 326 g/mol. The van der Waals surface area contributed by atoms with E-state index in [0.717, 1.165) is 12.3 Å². The number of nitrogens with zero attached hydrogens (tertiary/aromatic N) is 3. The lowest BCUT2D eigenvalue weighted by Crippen LogP contribution is -2.02. The van der Waals surface area contributed by atoms with E-state index in [2.05, 4.69) is 10.4 Å². The Morgan fingerprint density at radius 3 is 2.77 bits per heavy atom. The summed E-state index contributed by atoms with van der Waals surface area (Å²) in [6.07, 6.45) is 4.01. The third kappa shape index (κ3) is 3.59. The normalized spacial score (nSPS) is 11.4. The van der Waals surface area contributed by atoms with Crippen molar-refractivity contribution >= 4 is 26.9 Å². The molecule has 0 amide bonds. The van der Waals surface area contributed by atoms with Gasteiger partial charge >= 0.3 is 0 Å². The molecule has 0 aliphatic rings. The van der Waals surface area contributed by atoms with Gasteiger partial charge in [-0.15, -0.1) is 0 Å². The fraction of sp³-hybridized carbons (Fsp3) is 0.250. The quantitative estimate of drug-likeness (QED) is 0.597. The maximum atomic E-state index is 11.5. The molecule has 0 radical (unpaired) electrons. The highest BCUT2D eigenvalue weighted by Gasteiger charge is 2.19. The van der Waals surface area contributed by atoms with Gasteiger partial charge in [-0.25, -0.2) is 8.42 Å². The van der Waals surface area contributed by atoms with Gasteiger partial charge in [-0.05, 0) is 12.1 Å². The van der Waals surface area contributed by atoms with Crippen molar-refractivity contribution in [2.45, 2.75) is 11.4 Å². The van der Waals surface area contributed by atoms with Crippen LogP contribution >= 0.6 is 0 Å². The average molecular weight is 326 g/mol. The highest BCUT2D eigenvalue weighted by Crippen LogP contribution is 2.30. The molecule has 0 aliphatic heterocycles. The third-order valence-corrected chi connectivity index (χ3v) is 3.95. The van der Waals surface area contributed by atoms with Crippen molar-refractivity contribution in [1.29, 1.82) is 0 Å². The summed E-state index contributed by atoms with van der Waals surface area (Å²) in [5.41, 5.74) is 0.294. The zero-order chi connectivity index (χ0) is 16.3. The topological polar surface area (TPSA) is 127 Å². The summed E-state index contributed by atoms with van der Waals surface area (Å²) in [7, 11) is -3.53. The lowest BCUT2D eigenvalue weighted by atomic mass is 10.2. The van der Waals surface area contributed by atoms with E-state index in [4.69, 9.17) is 5.11 Å². The van der Waals surface area contributed by atoms with Crippen LogP contribution in [0.3, 0.4) is 0 Å². The van der Waals surface area contributed by atoms with Crippen LogP contribution in [0.1, 0.15) is 0 Å². The van der Waals surface area contributed by atoms with E-state index < -0.39 is 14.8 Å². The molecule has 9 nitrogen and oxygen atoms in total. The van der Waals surface area contributed by atoms with Gasteiger partial charge < -0.3 is 10.4 Å². The lowest BCUT2D eigenvalue weighted by Gasteiger charge is -2.06. The SMILES string of the molecule is CS(=O)(=O)c1ccc(Nc2cnn(CCO)c2)c([N+](=O)[O-])c1. The van der Waals surface area contributed by atoms with Crippen LogP contribution < -0.4 is 5.32 Å². The van der Waals surface area contributed by atoms with Gasteiger partial charge in [0.15, 0.2) is 9.84 Å². The number of benzene rings is 1. The van der Waals surface area contributed by atoms with Crippen LogP contribution in [0.5, 0.6) is 0 Å². The van der Waals surface area contributed by atoms with E-state index in [9.17, 15) is 18.5 Å². The van der Waals surface area contributed by atoms with Crippen molar-refractivity contribution in [1.82, 2.24) is 9.78 Å². The van der Waals surface area contributed by atoms with Crippen LogP contribution in [0.2, 0.25) is 0 Å². The van der Waals surface area contributed by atoms with E-state index in [1.54, 1.807) is 6.20 Å². The van der Waals surface area contributed by atoms with E-state index in [1.165, 1.54) is 23.0 Å². The molecule has 0 saturated heterocycles. The van der Waals surface area contributed by atoms with E-state index >= 15 is 0 Å². The Labute approximate surface area is 126 Å². The van der Waals surface area contributed by atoms with Crippen LogP contribution in [0.15, 0.2) is 35.5 Å². The Morgan fingerprint density at radius 1 is 1.45 bits per heavy atom. The summed E-state index contributed by atoms with van der Waals surface area (Å²) in [5.74, 6) is 0. The predicted octanol–water partition coefficient (Wildman–Crippen LogP) is 0.931. The minimum Gasteiger partial charge on any atom is -0.394 e. The number of aliphatic hydroxyl groups is 1. The molecule has 118 valence electrons. The largest absolute Gasteiger partial charge is 0.394 e. The number of hydrogen-bond acceptors (Lipinski definition) is 7. The van der Waals surface area contributed by atoms with Crippen molar-refractivity contribution in [3.8, 4) is 0 Å². The molecule has 2 aromatic rings. The average Bonchev–Trinajstić information content (AvgIpc) is 2.85. The Kier molecular flexibility index (Phi) is 4.43. The molecule has 2 rings (SSSR count). The molecule has 0 unspecified atom stereocenters. The molecule has 2 N–H and O–H groups in total. The number of aliphatic hydroxyl groups excluding tert-OH is 1. The lowest BCUT2D eigenvalue weighted by molar-refractivity contribution is -0.384. The summed E-state index contributed by atoms with van der Waals surface area (Å²) < 4.78 is 24.4. The number of sulfone groups is 1. The number of aromatic nitrogens is 2. The first-order valence-corrected chi connectivity index (χ1v) is 8.09. The molecule has 1 aromatic carbocycles. The number of rotatable bonds is 6. The van der Waals surface area contributed by atoms with Crippen LogP contribution in [0, 0.1) is 10.1 Å². The van der Waals surface area contributed by atoms with Crippen molar-refractivity contribution in [3.63, 3.8) is 0 Å². The van der Waals surface area contributed by atoms with E-state index in [-0.39, 0.29) is 22.9 Å². The van der Waals surface area contributed by atoms with Gasteiger partial charge in [-0.1, -0.05) is 0 Å². The first-order chi connectivity index (χ1) is 10.3. The van der Waals surface area contributed by atoms with Crippen LogP contribution in [-0.2, 0) is 16.4 Å². The highest BCUT2D eigenvalue weighted by molar-refractivity contribution is 7.90. The van der Waals surface area contributed by atoms with Gasteiger partial charge in [-0.3, -0.25) is 14.8 Å². The van der Waals surface area contributed by atoms with Crippen LogP contribution in [-0.4, -0.2) is 41.1 Å². The minimum absolute atomic E-state index is 0.0790. The van der Waals surface area contributed by atoms with Gasteiger partial charge in [0.25, 0.3) is 5.69 Å². The second kappa shape index (κ2) is 6.12. The molecule has 0 bridgehead atoms. The molecule has 1 aromatic heterocycles. The summed E-state index contributed by atoms with van der Waals surface area (Å²) in [5, 5.41) is 26.7. The predicted molar refractivity (Wildman–Crippen MR) is 78.8 cm³/mol. The first-order valence-electron chi connectivity index (χ1n) is 6.20. The summed E-state index contributed by atoms with van der Waals surface area (Å²) in [6, 6.07) is 3.64. The molecule has 22 heavy (non-hydrogen) atoms. The minimum atomic E-state index is -3.53. The third-order valence-electron chi connectivity index (χ3n) is 2.84. The molecule has 0 atom stereocenters. The van der Waals surface area contributed by atoms with Crippen molar-refractivity contribution < 1.29 is 18.4 Å². The number of anilines is 2. The van der Waals surface area contributed by atoms with Gasteiger partial charge in [0.05, 0.1) is 34.9 Å². The number of nitrogens with one attached hydrogen (secondary N) is 1. The standard InChI is InChI=1S/C12H14N4O5S/c1-22(20,21)10-2-3-11(12(6-10)16(18)19)14-9-7-13-15(8-9)4-5-17/h2-3,6-8,14,17H,4-5H2,1H3. The fourth-order valence-electron chi connectivity index (χ4n) is 1.81. The van der Waals surface area contributed by atoms with Gasteiger partial charge in [0.2, 0.25) is 0 Å². The Bertz CT molecular complexity index is 800. The van der Waals surface area contributed by atoms with E-state index in [1.807, 2.05) is 0 Å². The van der Waals surface area contributed by atoms with Gasteiger partial charge in [0.1, 0.15) is 5.69 Å². The number of nitro benzene ring substituents is 1. The molecule has 0 fully saturated rings. The van der Waals surface area contributed by atoms with Crippen LogP contribution in [0.4, 0.5) is 17.1 Å². The van der Waals surface area contributed by atoms with E-state index in [0.29, 0.717) is 12.2 Å². The summed E-state index contributed by atoms with van der Waals surface area (Å²) >= 11 is 0. The molecule has 0 spiro atoms. The van der Waals surface area contributed by atoms with Gasteiger partial charge in [-0.2, -0.15) is 5.10 Å². The number of hydrogen-bond donors (Lipinski definition) is 2. The zero-order valence-corrected chi connectivity index (χ0v) is 12.4. The maximum Gasteiger partial charge on any atom is 0.293 e. The van der Waals surface area contributed by atoms with Gasteiger partial charge in [0, 0.05) is 18.5 Å². The second-order valence-electron chi connectivity index (χ2n) is 4.55. The maximum absolute atomic E-state index is 11.5.